The first-order valence-electron chi connectivity index (χ1n) is 4.87. The van der Waals surface area contributed by atoms with Gasteiger partial charge in [0.25, 0.3) is 0 Å². The maximum atomic E-state index is 11.0. The van der Waals surface area contributed by atoms with Gasteiger partial charge in [-0.15, -0.1) is 0 Å². The second-order valence-electron chi connectivity index (χ2n) is 3.20. The highest BCUT2D eigenvalue weighted by Gasteiger charge is 2.38. The van der Waals surface area contributed by atoms with Crippen molar-refractivity contribution in [3.8, 4) is 0 Å². The first-order chi connectivity index (χ1) is 7.20. The van der Waals surface area contributed by atoms with Gasteiger partial charge in [0.15, 0.2) is 12.2 Å². The lowest BCUT2D eigenvalue weighted by atomic mass is 9.93. The molecule has 1 aromatic rings. The molecular weight excluding hydrogens is 180 g/mol. The molecule has 1 aliphatic heterocycles. The van der Waals surface area contributed by atoms with Crippen LogP contribution >= 0.6 is 0 Å². The number of benzene rings is 1. The van der Waals surface area contributed by atoms with E-state index >= 15 is 0 Å². The molecule has 3 nitrogen and oxygen atoms in total. The van der Waals surface area contributed by atoms with E-state index in [0.717, 1.165) is 5.56 Å². The molecule has 1 saturated heterocycles. The van der Waals surface area contributed by atoms with E-state index in [2.05, 4.69) is 0 Å². The smallest absolute Gasteiger partial charge is 0.422 e. The highest BCUT2D eigenvalue weighted by Crippen LogP contribution is 2.36. The summed E-state index contributed by atoms with van der Waals surface area (Å²) in [5, 5.41) is 0. The van der Waals surface area contributed by atoms with Crippen molar-refractivity contribution < 1.29 is 15.6 Å². The Morgan fingerprint density at radius 1 is 1.29 bits per heavy atom. The monoisotopic (exact) mass is 189 g/mol. The molecule has 1 aliphatic carbocycles. The van der Waals surface area contributed by atoms with Gasteiger partial charge in [-0.05, 0) is 11.6 Å². The Kier molecular flexibility index (Phi) is 1.24. The summed E-state index contributed by atoms with van der Waals surface area (Å²) < 4.78 is 18.0. The minimum Gasteiger partial charge on any atom is -0.422 e. The lowest BCUT2D eigenvalue weighted by Crippen LogP contribution is -2.16. The third-order valence-electron chi connectivity index (χ3n) is 2.35. The average molecular weight is 189 g/mol. The van der Waals surface area contributed by atoms with Crippen LogP contribution in [0.4, 0.5) is 4.79 Å². The number of rotatable bonds is 0. The number of hydrogen-bond acceptors (Lipinski definition) is 3. The normalized spacial score (nSPS) is 33.9. The maximum absolute atomic E-state index is 11.0. The van der Waals surface area contributed by atoms with E-state index < -0.39 is 18.3 Å². The van der Waals surface area contributed by atoms with Gasteiger partial charge in [0, 0.05) is 5.56 Å². The van der Waals surface area contributed by atoms with E-state index in [4.69, 9.17) is 10.8 Å². The van der Waals surface area contributed by atoms with Crippen LogP contribution in [0.3, 0.4) is 0 Å². The van der Waals surface area contributed by atoms with Crippen LogP contribution < -0.4 is 0 Å². The third kappa shape index (κ3) is 0.954. The molecule has 0 saturated carbocycles. The molecule has 70 valence electrons. The Morgan fingerprint density at radius 3 is 3.07 bits per heavy atom. The van der Waals surface area contributed by atoms with Gasteiger partial charge in [0.1, 0.15) is 0 Å². The Morgan fingerprint density at radius 2 is 2.14 bits per heavy atom. The molecule has 0 amide bonds. The summed E-state index contributed by atoms with van der Waals surface area (Å²) in [6.45, 7) is 0. The Hall–Kier alpha value is -1.77. The van der Waals surface area contributed by atoms with Crippen LogP contribution in [0, 0.1) is 0 Å². The van der Waals surface area contributed by atoms with Gasteiger partial charge in [-0.25, -0.2) is 4.79 Å². The predicted octanol–water partition coefficient (Wildman–Crippen LogP) is 2.29. The number of carbonyl (C=O) groups is 1. The molecule has 3 heteroatoms. The van der Waals surface area contributed by atoms with Crippen LogP contribution in [0.1, 0.15) is 18.6 Å². The minimum absolute atomic E-state index is 0.639. The van der Waals surface area contributed by atoms with Crippen molar-refractivity contribution in [2.24, 2.45) is 0 Å². The highest BCUT2D eigenvalue weighted by atomic mass is 16.8. The largest absolute Gasteiger partial charge is 0.509 e. The molecule has 2 aliphatic rings. The Balaban J connectivity index is 2.20. The van der Waals surface area contributed by atoms with Crippen LogP contribution in [-0.2, 0) is 9.47 Å². The summed E-state index contributed by atoms with van der Waals surface area (Å²) in [5.74, 6) is 0. The van der Waals surface area contributed by atoms with E-state index in [1.54, 1.807) is 12.1 Å². The van der Waals surface area contributed by atoms with E-state index in [1.807, 2.05) is 24.3 Å². The van der Waals surface area contributed by atoms with Crippen LogP contribution in [0.5, 0.6) is 0 Å². The van der Waals surface area contributed by atoms with E-state index in [1.165, 1.54) is 0 Å². The average Bonchev–Trinajstić information content (AvgIpc) is 2.53. The summed E-state index contributed by atoms with van der Waals surface area (Å²) in [6, 6.07) is 7.35. The molecule has 1 fully saturated rings. The molecule has 2 atom stereocenters. The zero-order valence-electron chi connectivity index (χ0n) is 8.27. The van der Waals surface area contributed by atoms with Crippen molar-refractivity contribution in [1.82, 2.24) is 0 Å². The van der Waals surface area contributed by atoms with Crippen molar-refractivity contribution in [1.29, 1.82) is 0 Å². The van der Waals surface area contributed by atoms with Crippen molar-refractivity contribution >= 4 is 12.2 Å². The first kappa shape index (κ1) is 6.65. The van der Waals surface area contributed by atoms with Crippen molar-refractivity contribution in [3.63, 3.8) is 0 Å². The summed E-state index contributed by atoms with van der Waals surface area (Å²) in [5.41, 5.74) is 1.56. The fourth-order valence-corrected chi connectivity index (χ4v) is 1.72. The van der Waals surface area contributed by atoms with Crippen molar-refractivity contribution in [2.75, 3.05) is 0 Å². The first-order valence-corrected chi connectivity index (χ1v) is 4.37. The molecule has 0 bridgehead atoms. The van der Waals surface area contributed by atoms with E-state index in [-0.39, 0.29) is 0 Å². The van der Waals surface area contributed by atoms with Crippen LogP contribution in [0.2, 0.25) is 0 Å². The molecule has 0 radical (unpaired) electrons. The third-order valence-corrected chi connectivity index (χ3v) is 2.35. The molecule has 14 heavy (non-hydrogen) atoms. The van der Waals surface area contributed by atoms with Crippen molar-refractivity contribution in [2.45, 2.75) is 12.2 Å². The molecule has 1 heterocycles. The number of ether oxygens (including phenoxy) is 2. The summed E-state index contributed by atoms with van der Waals surface area (Å²) in [6.07, 6.45) is 0.688. The molecule has 3 rings (SSSR count). The number of carbonyl (C=O) groups excluding carboxylic acids is 1. The van der Waals surface area contributed by atoms with E-state index in [9.17, 15) is 4.79 Å². The van der Waals surface area contributed by atoms with Gasteiger partial charge in [-0.2, -0.15) is 0 Å². The van der Waals surface area contributed by atoms with Gasteiger partial charge in [-0.3, -0.25) is 0 Å². The molecule has 0 N–H and O–H groups in total. The van der Waals surface area contributed by atoms with Gasteiger partial charge < -0.3 is 9.47 Å². The summed E-state index contributed by atoms with van der Waals surface area (Å²) in [4.78, 5) is 11.0. The second kappa shape index (κ2) is 2.61. The Labute approximate surface area is 82.3 Å². The molecule has 0 aromatic heterocycles. The summed E-state index contributed by atoms with van der Waals surface area (Å²) in [7, 11) is 0. The zero-order chi connectivity index (χ0) is 10.5. The minimum atomic E-state index is -1.41. The fraction of sp³-hybridized carbons (Fsp3) is 0.182. The number of fused-ring (bicyclic) bond motifs is 3. The Bertz CT molecular complexity index is 469. The predicted molar refractivity (Wildman–Crippen MR) is 49.6 cm³/mol. The lowest BCUT2D eigenvalue weighted by molar-refractivity contribution is 0.117. The topological polar surface area (TPSA) is 35.5 Å². The van der Waals surface area contributed by atoms with E-state index in [0.29, 0.717) is 5.56 Å². The van der Waals surface area contributed by atoms with Crippen LogP contribution in [0.15, 0.2) is 30.3 Å². The standard InChI is InChI=1S/C11H8O3/c12-11-13-9-6-5-7-3-1-2-4-8(7)10(9)14-11/h1-6,9-10H/t9-,10+/m0/s1/i10D. The highest BCUT2D eigenvalue weighted by molar-refractivity contribution is 5.67. The fourth-order valence-electron chi connectivity index (χ4n) is 1.72. The van der Waals surface area contributed by atoms with Crippen LogP contribution in [0.25, 0.3) is 6.08 Å². The van der Waals surface area contributed by atoms with Gasteiger partial charge in [-0.1, -0.05) is 30.3 Å². The molecule has 1 aromatic carbocycles. The van der Waals surface area contributed by atoms with Gasteiger partial charge >= 0.3 is 6.16 Å². The van der Waals surface area contributed by atoms with Crippen LogP contribution in [-0.4, -0.2) is 12.3 Å². The lowest BCUT2D eigenvalue weighted by Gasteiger charge is -2.18. The van der Waals surface area contributed by atoms with Crippen molar-refractivity contribution in [3.05, 3.63) is 41.5 Å². The maximum Gasteiger partial charge on any atom is 0.509 e. The van der Waals surface area contributed by atoms with Gasteiger partial charge in [0.2, 0.25) is 0 Å². The zero-order valence-corrected chi connectivity index (χ0v) is 7.27. The molecular formula is C11H8O3. The molecule has 0 unspecified atom stereocenters. The molecule has 0 spiro atoms. The quantitative estimate of drug-likeness (QED) is 0.587. The van der Waals surface area contributed by atoms with Gasteiger partial charge in [0.05, 0.1) is 1.37 Å². The summed E-state index contributed by atoms with van der Waals surface area (Å²) >= 11 is 0. The SMILES string of the molecule is [2H][C@]12OC(=O)O[C@H]1C=Cc1ccccc12. The number of hydrogen-bond donors (Lipinski definition) is 0. The second-order valence-corrected chi connectivity index (χ2v) is 3.20.